The van der Waals surface area contributed by atoms with Crippen LogP contribution in [0.4, 0.5) is 10.5 Å². The summed E-state index contributed by atoms with van der Waals surface area (Å²) in [6, 6.07) is 10.1. The first kappa shape index (κ1) is 15.9. The van der Waals surface area contributed by atoms with Gasteiger partial charge in [0.15, 0.2) is 0 Å². The van der Waals surface area contributed by atoms with Gasteiger partial charge in [-0.15, -0.1) is 11.3 Å². The maximum atomic E-state index is 12.0. The molecule has 122 valence electrons. The average Bonchev–Trinajstić information content (AvgIpc) is 3.14. The monoisotopic (exact) mass is 341 g/mol. The van der Waals surface area contributed by atoms with Gasteiger partial charge in [-0.05, 0) is 42.1 Å². The van der Waals surface area contributed by atoms with Crippen LogP contribution in [0.25, 0.3) is 6.08 Å². The number of carbonyl (C=O) groups excluding carboxylic acids is 3. The van der Waals surface area contributed by atoms with Crippen LogP contribution in [-0.2, 0) is 15.1 Å². The minimum absolute atomic E-state index is 0.273. The minimum atomic E-state index is -1.15. The van der Waals surface area contributed by atoms with Crippen molar-refractivity contribution in [3.8, 4) is 0 Å². The quantitative estimate of drug-likeness (QED) is 0.590. The van der Waals surface area contributed by atoms with E-state index in [1.54, 1.807) is 37.3 Å². The lowest BCUT2D eigenvalue weighted by Crippen LogP contribution is -2.40. The van der Waals surface area contributed by atoms with Gasteiger partial charge in [0.2, 0.25) is 5.91 Å². The Balaban J connectivity index is 1.75. The fraction of sp³-hybridized carbons (Fsp3) is 0.118. The van der Waals surface area contributed by atoms with Crippen molar-refractivity contribution < 1.29 is 14.4 Å². The molecule has 2 heterocycles. The first-order valence-corrected chi connectivity index (χ1v) is 8.12. The fourth-order valence-electron chi connectivity index (χ4n) is 2.38. The van der Waals surface area contributed by atoms with Crippen molar-refractivity contribution in [2.24, 2.45) is 0 Å². The molecule has 1 atom stereocenters. The SMILES string of the molecule is C[C@]1(c2cccc(NC(=O)/C=C/c3cccs3)c2)NC(=O)NC1=O. The zero-order chi connectivity index (χ0) is 17.2. The number of carbonyl (C=O) groups is 3. The number of benzene rings is 1. The number of urea groups is 1. The van der Waals surface area contributed by atoms with Crippen LogP contribution in [0, 0.1) is 0 Å². The molecule has 0 saturated carbocycles. The van der Waals surface area contributed by atoms with Crippen LogP contribution >= 0.6 is 11.3 Å². The molecule has 0 radical (unpaired) electrons. The number of thiophene rings is 1. The van der Waals surface area contributed by atoms with Crippen molar-refractivity contribution >= 4 is 40.9 Å². The Morgan fingerprint density at radius 3 is 2.75 bits per heavy atom. The smallest absolute Gasteiger partial charge is 0.322 e. The summed E-state index contributed by atoms with van der Waals surface area (Å²) >= 11 is 1.54. The van der Waals surface area contributed by atoms with E-state index in [-0.39, 0.29) is 5.91 Å². The highest BCUT2D eigenvalue weighted by atomic mass is 32.1. The summed E-state index contributed by atoms with van der Waals surface area (Å²) in [5.74, 6) is -0.695. The molecular weight excluding hydrogens is 326 g/mol. The van der Waals surface area contributed by atoms with Crippen LogP contribution in [0.2, 0.25) is 0 Å². The second-order valence-electron chi connectivity index (χ2n) is 5.45. The molecule has 4 amide bonds. The van der Waals surface area contributed by atoms with Gasteiger partial charge < -0.3 is 10.6 Å². The van der Waals surface area contributed by atoms with Crippen LogP contribution in [0.15, 0.2) is 47.9 Å². The highest BCUT2D eigenvalue weighted by molar-refractivity contribution is 7.10. The van der Waals surface area contributed by atoms with Crippen LogP contribution < -0.4 is 16.0 Å². The third-order valence-corrected chi connectivity index (χ3v) is 4.53. The first-order chi connectivity index (χ1) is 11.5. The number of hydrogen-bond acceptors (Lipinski definition) is 4. The van der Waals surface area contributed by atoms with E-state index in [1.165, 1.54) is 17.4 Å². The molecule has 1 fully saturated rings. The lowest BCUT2D eigenvalue weighted by Gasteiger charge is -2.21. The van der Waals surface area contributed by atoms with Gasteiger partial charge in [-0.3, -0.25) is 14.9 Å². The summed E-state index contributed by atoms with van der Waals surface area (Å²) < 4.78 is 0. The van der Waals surface area contributed by atoms with E-state index in [9.17, 15) is 14.4 Å². The van der Waals surface area contributed by atoms with Gasteiger partial charge in [0.25, 0.3) is 5.91 Å². The Labute approximate surface area is 142 Å². The molecule has 0 bridgehead atoms. The predicted octanol–water partition coefficient (Wildman–Crippen LogP) is 2.45. The third-order valence-electron chi connectivity index (χ3n) is 3.69. The van der Waals surface area contributed by atoms with Crippen molar-refractivity contribution in [2.45, 2.75) is 12.5 Å². The first-order valence-electron chi connectivity index (χ1n) is 7.24. The minimum Gasteiger partial charge on any atom is -0.323 e. The summed E-state index contributed by atoms with van der Waals surface area (Å²) in [5, 5.41) is 9.49. The zero-order valence-electron chi connectivity index (χ0n) is 12.8. The molecule has 1 aromatic carbocycles. The standard InChI is InChI=1S/C17H15N3O3S/c1-17(15(22)19-16(23)20-17)11-4-2-5-12(10-11)18-14(21)8-7-13-6-3-9-24-13/h2-10H,1H3,(H,18,21)(H2,19,20,22,23)/b8-7+/t17-/m1/s1. The van der Waals surface area contributed by atoms with Gasteiger partial charge in [0.1, 0.15) is 5.54 Å². The highest BCUT2D eigenvalue weighted by Gasteiger charge is 2.43. The van der Waals surface area contributed by atoms with Gasteiger partial charge in [0.05, 0.1) is 0 Å². The molecule has 2 aromatic rings. The molecule has 1 aliphatic rings. The van der Waals surface area contributed by atoms with Gasteiger partial charge in [-0.2, -0.15) is 0 Å². The normalized spacial score (nSPS) is 20.0. The number of anilines is 1. The molecule has 1 aromatic heterocycles. The molecule has 0 unspecified atom stereocenters. The molecule has 7 heteroatoms. The highest BCUT2D eigenvalue weighted by Crippen LogP contribution is 2.26. The fourth-order valence-corrected chi connectivity index (χ4v) is 3.00. The second-order valence-corrected chi connectivity index (χ2v) is 6.43. The molecule has 0 spiro atoms. The van der Waals surface area contributed by atoms with E-state index in [0.717, 1.165) is 4.88 Å². The summed E-state index contributed by atoms with van der Waals surface area (Å²) in [4.78, 5) is 36.3. The van der Waals surface area contributed by atoms with E-state index in [2.05, 4.69) is 16.0 Å². The molecule has 0 aliphatic carbocycles. The summed E-state index contributed by atoms with van der Waals surface area (Å²) in [6.45, 7) is 1.62. The number of nitrogens with one attached hydrogen (secondary N) is 3. The molecule has 24 heavy (non-hydrogen) atoms. The maximum absolute atomic E-state index is 12.0. The van der Waals surface area contributed by atoms with Crippen molar-refractivity contribution in [1.29, 1.82) is 0 Å². The van der Waals surface area contributed by atoms with Crippen molar-refractivity contribution in [2.75, 3.05) is 5.32 Å². The van der Waals surface area contributed by atoms with Gasteiger partial charge in [-0.1, -0.05) is 18.2 Å². The topological polar surface area (TPSA) is 87.3 Å². The lowest BCUT2D eigenvalue weighted by molar-refractivity contribution is -0.123. The molecule has 1 saturated heterocycles. The third kappa shape index (κ3) is 3.21. The number of imide groups is 1. The summed E-state index contributed by atoms with van der Waals surface area (Å²) in [6.07, 6.45) is 3.18. The Bertz CT molecular complexity index is 829. The second kappa shape index (κ2) is 6.29. The van der Waals surface area contributed by atoms with Crippen LogP contribution in [-0.4, -0.2) is 17.8 Å². The molecule has 3 rings (SSSR count). The number of rotatable bonds is 4. The Morgan fingerprint density at radius 2 is 2.08 bits per heavy atom. The van der Waals surface area contributed by atoms with E-state index in [1.807, 2.05) is 17.5 Å². The van der Waals surface area contributed by atoms with Crippen molar-refractivity contribution in [1.82, 2.24) is 10.6 Å². The largest absolute Gasteiger partial charge is 0.323 e. The number of hydrogen-bond donors (Lipinski definition) is 3. The molecule has 6 nitrogen and oxygen atoms in total. The number of amides is 4. The molecule has 1 aliphatic heterocycles. The molecule has 3 N–H and O–H groups in total. The van der Waals surface area contributed by atoms with Crippen LogP contribution in [0.3, 0.4) is 0 Å². The Kier molecular flexibility index (Phi) is 4.18. The van der Waals surface area contributed by atoms with E-state index in [0.29, 0.717) is 11.3 Å². The van der Waals surface area contributed by atoms with Crippen molar-refractivity contribution in [3.63, 3.8) is 0 Å². The van der Waals surface area contributed by atoms with Crippen LogP contribution in [0.1, 0.15) is 17.4 Å². The Morgan fingerprint density at radius 1 is 1.25 bits per heavy atom. The average molecular weight is 341 g/mol. The van der Waals surface area contributed by atoms with E-state index in [4.69, 9.17) is 0 Å². The van der Waals surface area contributed by atoms with Crippen LogP contribution in [0.5, 0.6) is 0 Å². The molecular formula is C17H15N3O3S. The van der Waals surface area contributed by atoms with E-state index >= 15 is 0 Å². The van der Waals surface area contributed by atoms with Gasteiger partial charge in [-0.25, -0.2) is 4.79 Å². The summed E-state index contributed by atoms with van der Waals surface area (Å²) in [7, 11) is 0. The predicted molar refractivity (Wildman–Crippen MR) is 92.5 cm³/mol. The summed E-state index contributed by atoms with van der Waals surface area (Å²) in [5.41, 5.74) is -0.0145. The van der Waals surface area contributed by atoms with Crippen molar-refractivity contribution in [3.05, 3.63) is 58.3 Å². The Hall–Kier alpha value is -2.93. The lowest BCUT2D eigenvalue weighted by atomic mass is 9.92. The van der Waals surface area contributed by atoms with E-state index < -0.39 is 17.5 Å². The maximum Gasteiger partial charge on any atom is 0.322 e. The van der Waals surface area contributed by atoms with Gasteiger partial charge >= 0.3 is 6.03 Å². The zero-order valence-corrected chi connectivity index (χ0v) is 13.6. The van der Waals surface area contributed by atoms with Gasteiger partial charge in [0, 0.05) is 16.6 Å².